The molecule has 0 saturated heterocycles. The highest BCUT2D eigenvalue weighted by atomic mass is 16.5. The highest BCUT2D eigenvalue weighted by molar-refractivity contribution is 6.00. The predicted molar refractivity (Wildman–Crippen MR) is 113 cm³/mol. The van der Waals surface area contributed by atoms with Gasteiger partial charge in [-0.15, -0.1) is 0 Å². The Hall–Kier alpha value is -3.93. The zero-order chi connectivity index (χ0) is 21.5. The van der Waals surface area contributed by atoms with Gasteiger partial charge in [-0.1, -0.05) is 48.5 Å². The SMILES string of the molecule is COC(=O)c1ccc(C(=O)O[C@@H](C)C(=O)Nc2ccccc2-c2ccccc2)cc1. The van der Waals surface area contributed by atoms with E-state index in [2.05, 4.69) is 10.1 Å². The fourth-order valence-corrected chi connectivity index (χ4v) is 2.84. The van der Waals surface area contributed by atoms with Crippen molar-refractivity contribution >= 4 is 23.5 Å². The largest absolute Gasteiger partial charge is 0.465 e. The second-order valence-electron chi connectivity index (χ2n) is 6.52. The summed E-state index contributed by atoms with van der Waals surface area (Å²) in [6.45, 7) is 1.50. The number of amides is 1. The van der Waals surface area contributed by atoms with Crippen molar-refractivity contribution in [1.82, 2.24) is 0 Å². The molecule has 0 heterocycles. The van der Waals surface area contributed by atoms with E-state index in [1.165, 1.54) is 38.3 Å². The predicted octanol–water partition coefficient (Wildman–Crippen LogP) is 4.32. The van der Waals surface area contributed by atoms with E-state index in [1.54, 1.807) is 6.07 Å². The summed E-state index contributed by atoms with van der Waals surface area (Å²) >= 11 is 0. The first-order valence-electron chi connectivity index (χ1n) is 9.34. The van der Waals surface area contributed by atoms with E-state index >= 15 is 0 Å². The molecule has 0 aliphatic carbocycles. The molecule has 1 N–H and O–H groups in total. The summed E-state index contributed by atoms with van der Waals surface area (Å²) in [5.41, 5.74) is 3.00. The number of rotatable bonds is 6. The molecule has 0 aliphatic rings. The molecular formula is C24H21NO5. The van der Waals surface area contributed by atoms with Crippen LogP contribution in [-0.4, -0.2) is 31.1 Å². The van der Waals surface area contributed by atoms with E-state index in [0.717, 1.165) is 11.1 Å². The number of para-hydroxylation sites is 1. The number of carbonyl (C=O) groups is 3. The Labute approximate surface area is 174 Å². The molecule has 1 amide bonds. The lowest BCUT2D eigenvalue weighted by molar-refractivity contribution is -0.123. The first-order chi connectivity index (χ1) is 14.5. The standard InChI is InChI=1S/C24H21NO5/c1-16(30-24(28)19-14-12-18(13-15-19)23(27)29-2)22(26)25-21-11-7-6-10-20(21)17-8-4-3-5-9-17/h3-16H,1-2H3,(H,25,26)/t16-/m0/s1. The van der Waals surface area contributed by atoms with E-state index in [1.807, 2.05) is 48.5 Å². The summed E-state index contributed by atoms with van der Waals surface area (Å²) in [6, 6.07) is 22.9. The van der Waals surface area contributed by atoms with Crippen LogP contribution < -0.4 is 5.32 Å². The van der Waals surface area contributed by atoms with Crippen LogP contribution in [-0.2, 0) is 14.3 Å². The van der Waals surface area contributed by atoms with Crippen molar-refractivity contribution in [1.29, 1.82) is 0 Å². The normalized spacial score (nSPS) is 11.3. The van der Waals surface area contributed by atoms with Gasteiger partial charge in [-0.05, 0) is 42.8 Å². The summed E-state index contributed by atoms with van der Waals surface area (Å²) in [5, 5.41) is 2.82. The number of carbonyl (C=O) groups excluding carboxylic acids is 3. The maximum absolute atomic E-state index is 12.6. The number of esters is 2. The van der Waals surface area contributed by atoms with Crippen molar-refractivity contribution in [2.45, 2.75) is 13.0 Å². The van der Waals surface area contributed by atoms with Gasteiger partial charge in [0.25, 0.3) is 5.91 Å². The van der Waals surface area contributed by atoms with Crippen molar-refractivity contribution in [2.75, 3.05) is 12.4 Å². The third-order valence-electron chi connectivity index (χ3n) is 4.46. The fourth-order valence-electron chi connectivity index (χ4n) is 2.84. The number of benzene rings is 3. The minimum Gasteiger partial charge on any atom is -0.465 e. The lowest BCUT2D eigenvalue weighted by Gasteiger charge is -2.16. The van der Waals surface area contributed by atoms with Crippen molar-refractivity contribution in [3.63, 3.8) is 0 Å². The molecule has 0 aliphatic heterocycles. The van der Waals surface area contributed by atoms with Crippen LogP contribution in [0.5, 0.6) is 0 Å². The highest BCUT2D eigenvalue weighted by Gasteiger charge is 2.20. The number of nitrogens with one attached hydrogen (secondary N) is 1. The van der Waals surface area contributed by atoms with E-state index in [9.17, 15) is 14.4 Å². The van der Waals surface area contributed by atoms with Crippen molar-refractivity contribution in [3.8, 4) is 11.1 Å². The minimum atomic E-state index is -1.01. The zero-order valence-electron chi connectivity index (χ0n) is 16.6. The van der Waals surface area contributed by atoms with Crippen LogP contribution in [0.2, 0.25) is 0 Å². The third-order valence-corrected chi connectivity index (χ3v) is 4.46. The molecule has 0 radical (unpaired) electrons. The lowest BCUT2D eigenvalue weighted by atomic mass is 10.0. The summed E-state index contributed by atoms with van der Waals surface area (Å²) in [6.07, 6.45) is -1.01. The van der Waals surface area contributed by atoms with E-state index in [0.29, 0.717) is 11.3 Å². The third kappa shape index (κ3) is 4.91. The summed E-state index contributed by atoms with van der Waals surface area (Å²) in [7, 11) is 1.28. The first-order valence-corrected chi connectivity index (χ1v) is 9.34. The Kier molecular flexibility index (Phi) is 6.60. The molecule has 3 rings (SSSR count). The van der Waals surface area contributed by atoms with Crippen LogP contribution in [0.4, 0.5) is 5.69 Å². The maximum Gasteiger partial charge on any atom is 0.338 e. The molecule has 0 saturated carbocycles. The molecule has 3 aromatic rings. The van der Waals surface area contributed by atoms with Crippen LogP contribution in [0.1, 0.15) is 27.6 Å². The van der Waals surface area contributed by atoms with Gasteiger partial charge in [-0.25, -0.2) is 9.59 Å². The Morgan fingerprint density at radius 2 is 1.33 bits per heavy atom. The Morgan fingerprint density at radius 1 is 0.767 bits per heavy atom. The Morgan fingerprint density at radius 3 is 1.97 bits per heavy atom. The van der Waals surface area contributed by atoms with Crippen LogP contribution in [0, 0.1) is 0 Å². The molecule has 152 valence electrons. The van der Waals surface area contributed by atoms with Crippen molar-refractivity contribution in [2.24, 2.45) is 0 Å². The van der Waals surface area contributed by atoms with Gasteiger partial charge >= 0.3 is 11.9 Å². The quantitative estimate of drug-likeness (QED) is 0.620. The Bertz CT molecular complexity index is 1040. The first kappa shape index (κ1) is 20.8. The second-order valence-corrected chi connectivity index (χ2v) is 6.52. The van der Waals surface area contributed by atoms with Crippen LogP contribution in [0.15, 0.2) is 78.9 Å². The molecule has 0 bridgehead atoms. The number of methoxy groups -OCH3 is 1. The molecule has 6 nitrogen and oxygen atoms in total. The molecule has 6 heteroatoms. The molecule has 0 spiro atoms. The molecule has 30 heavy (non-hydrogen) atoms. The maximum atomic E-state index is 12.6. The van der Waals surface area contributed by atoms with Gasteiger partial charge in [0.1, 0.15) is 0 Å². The molecule has 3 aromatic carbocycles. The second kappa shape index (κ2) is 9.52. The van der Waals surface area contributed by atoms with Crippen LogP contribution in [0.3, 0.4) is 0 Å². The number of ether oxygens (including phenoxy) is 2. The van der Waals surface area contributed by atoms with E-state index < -0.39 is 23.9 Å². The molecule has 0 aromatic heterocycles. The summed E-state index contributed by atoms with van der Waals surface area (Å²) in [5.74, 6) is -1.61. The minimum absolute atomic E-state index is 0.229. The smallest absolute Gasteiger partial charge is 0.338 e. The van der Waals surface area contributed by atoms with E-state index in [4.69, 9.17) is 4.74 Å². The van der Waals surface area contributed by atoms with Gasteiger partial charge in [-0.3, -0.25) is 4.79 Å². The van der Waals surface area contributed by atoms with Gasteiger partial charge < -0.3 is 14.8 Å². The molecule has 1 atom stereocenters. The number of hydrogen-bond acceptors (Lipinski definition) is 5. The number of anilines is 1. The van der Waals surface area contributed by atoms with Gasteiger partial charge in [0.2, 0.25) is 0 Å². The lowest BCUT2D eigenvalue weighted by Crippen LogP contribution is -2.30. The van der Waals surface area contributed by atoms with E-state index in [-0.39, 0.29) is 5.56 Å². The van der Waals surface area contributed by atoms with Crippen molar-refractivity contribution < 1.29 is 23.9 Å². The molecule has 0 fully saturated rings. The van der Waals surface area contributed by atoms with Gasteiger partial charge in [0.05, 0.1) is 18.2 Å². The number of hydrogen-bond donors (Lipinski definition) is 1. The van der Waals surface area contributed by atoms with Gasteiger partial charge in [0.15, 0.2) is 6.10 Å². The van der Waals surface area contributed by atoms with Gasteiger partial charge in [-0.2, -0.15) is 0 Å². The van der Waals surface area contributed by atoms with Crippen LogP contribution >= 0.6 is 0 Å². The molecular weight excluding hydrogens is 382 g/mol. The van der Waals surface area contributed by atoms with Crippen molar-refractivity contribution in [3.05, 3.63) is 90.0 Å². The fraction of sp³-hybridized carbons (Fsp3) is 0.125. The Balaban J connectivity index is 1.67. The average Bonchev–Trinajstić information content (AvgIpc) is 2.79. The topological polar surface area (TPSA) is 81.7 Å². The van der Waals surface area contributed by atoms with Crippen LogP contribution in [0.25, 0.3) is 11.1 Å². The monoisotopic (exact) mass is 403 g/mol. The average molecular weight is 403 g/mol. The zero-order valence-corrected chi connectivity index (χ0v) is 16.6. The highest BCUT2D eigenvalue weighted by Crippen LogP contribution is 2.27. The summed E-state index contributed by atoms with van der Waals surface area (Å²) < 4.78 is 9.90. The summed E-state index contributed by atoms with van der Waals surface area (Å²) in [4.78, 5) is 36.4. The van der Waals surface area contributed by atoms with Gasteiger partial charge in [0, 0.05) is 11.3 Å². The molecule has 0 unspecified atom stereocenters.